The van der Waals surface area contributed by atoms with Crippen LogP contribution in [0.1, 0.15) is 5.69 Å². The zero-order valence-corrected chi connectivity index (χ0v) is 7.98. The molecule has 0 aliphatic rings. The molecule has 3 nitrogen and oxygen atoms in total. The van der Waals surface area contributed by atoms with E-state index in [-0.39, 0.29) is 10.2 Å². The topological polar surface area (TPSA) is 43.8 Å². The Morgan fingerprint density at radius 1 is 1.75 bits per heavy atom. The lowest BCUT2D eigenvalue weighted by Crippen LogP contribution is -2.28. The van der Waals surface area contributed by atoms with E-state index in [1.54, 1.807) is 0 Å². The predicted octanol–water partition coefficient (Wildman–Crippen LogP) is 1.23. The molecule has 0 unspecified atom stereocenters. The third-order valence-electron chi connectivity index (χ3n) is 1.50. The van der Waals surface area contributed by atoms with E-state index in [4.69, 9.17) is 5.73 Å². The van der Waals surface area contributed by atoms with Crippen LogP contribution in [-0.4, -0.2) is 16.3 Å². The minimum absolute atomic E-state index is 0.190. The molecule has 12 heavy (non-hydrogen) atoms. The SMILES string of the molecule is Cn1ncc(Br)c1C(F)(F)CN. The van der Waals surface area contributed by atoms with Gasteiger partial charge >= 0.3 is 5.92 Å². The van der Waals surface area contributed by atoms with Gasteiger partial charge in [-0.2, -0.15) is 13.9 Å². The van der Waals surface area contributed by atoms with Crippen molar-refractivity contribution < 1.29 is 8.78 Å². The van der Waals surface area contributed by atoms with Gasteiger partial charge in [0.15, 0.2) is 0 Å². The van der Waals surface area contributed by atoms with Crippen molar-refractivity contribution in [3.63, 3.8) is 0 Å². The van der Waals surface area contributed by atoms with E-state index in [2.05, 4.69) is 21.0 Å². The van der Waals surface area contributed by atoms with Crippen LogP contribution in [0, 0.1) is 0 Å². The van der Waals surface area contributed by atoms with Crippen LogP contribution in [0.4, 0.5) is 8.78 Å². The summed E-state index contributed by atoms with van der Waals surface area (Å²) in [6, 6.07) is 0. The molecule has 0 aliphatic carbocycles. The van der Waals surface area contributed by atoms with Gasteiger partial charge in [-0.3, -0.25) is 4.68 Å². The quantitative estimate of drug-likeness (QED) is 0.844. The predicted molar refractivity (Wildman–Crippen MR) is 43.9 cm³/mol. The van der Waals surface area contributed by atoms with Crippen molar-refractivity contribution in [3.8, 4) is 0 Å². The Bertz CT molecular complexity index is 265. The van der Waals surface area contributed by atoms with Crippen LogP contribution in [0.3, 0.4) is 0 Å². The van der Waals surface area contributed by atoms with Gasteiger partial charge in [-0.05, 0) is 15.9 Å². The molecule has 1 rings (SSSR count). The van der Waals surface area contributed by atoms with E-state index in [9.17, 15) is 8.78 Å². The minimum Gasteiger partial charge on any atom is -0.325 e. The Labute approximate surface area is 76.7 Å². The summed E-state index contributed by atoms with van der Waals surface area (Å²) < 4.78 is 27.4. The van der Waals surface area contributed by atoms with Crippen molar-refractivity contribution in [2.24, 2.45) is 12.8 Å². The van der Waals surface area contributed by atoms with E-state index < -0.39 is 12.5 Å². The molecule has 0 saturated carbocycles. The maximum Gasteiger partial charge on any atom is 0.302 e. The van der Waals surface area contributed by atoms with Crippen LogP contribution >= 0.6 is 15.9 Å². The Hall–Kier alpha value is -0.490. The van der Waals surface area contributed by atoms with Crippen molar-refractivity contribution in [2.75, 3.05) is 6.54 Å². The zero-order chi connectivity index (χ0) is 9.35. The molecule has 0 aliphatic heterocycles. The monoisotopic (exact) mass is 239 g/mol. The van der Waals surface area contributed by atoms with Crippen LogP contribution in [0.5, 0.6) is 0 Å². The number of hydrogen-bond donors (Lipinski definition) is 1. The molecule has 1 heterocycles. The average molecular weight is 240 g/mol. The van der Waals surface area contributed by atoms with Gasteiger partial charge in [-0.15, -0.1) is 0 Å². The lowest BCUT2D eigenvalue weighted by Gasteiger charge is -2.14. The van der Waals surface area contributed by atoms with Crippen molar-refractivity contribution >= 4 is 15.9 Å². The number of hydrogen-bond acceptors (Lipinski definition) is 2. The number of nitrogens with zero attached hydrogens (tertiary/aromatic N) is 2. The fraction of sp³-hybridized carbons (Fsp3) is 0.500. The number of aromatic nitrogens is 2. The highest BCUT2D eigenvalue weighted by atomic mass is 79.9. The molecule has 1 aromatic rings. The first-order valence-electron chi connectivity index (χ1n) is 3.25. The molecule has 1 aromatic heterocycles. The van der Waals surface area contributed by atoms with Crippen molar-refractivity contribution in [1.82, 2.24) is 9.78 Å². The molecule has 0 fully saturated rings. The highest BCUT2D eigenvalue weighted by molar-refractivity contribution is 9.10. The molecule has 6 heteroatoms. The van der Waals surface area contributed by atoms with Gasteiger partial charge in [0, 0.05) is 7.05 Å². The zero-order valence-electron chi connectivity index (χ0n) is 6.39. The normalized spacial score (nSPS) is 12.1. The average Bonchev–Trinajstić information content (AvgIpc) is 2.31. The molecule has 68 valence electrons. The standard InChI is InChI=1S/C6H8BrF2N3/c1-12-5(4(7)2-11-12)6(8,9)3-10/h2H,3,10H2,1H3. The van der Waals surface area contributed by atoms with E-state index in [1.165, 1.54) is 13.2 Å². The van der Waals surface area contributed by atoms with Crippen molar-refractivity contribution in [2.45, 2.75) is 5.92 Å². The molecule has 2 N–H and O–H groups in total. The summed E-state index contributed by atoms with van der Waals surface area (Å²) in [4.78, 5) is 0. The summed E-state index contributed by atoms with van der Waals surface area (Å²) in [5, 5.41) is 3.66. The van der Waals surface area contributed by atoms with Crippen LogP contribution in [-0.2, 0) is 13.0 Å². The maximum atomic E-state index is 13.0. The second-order valence-electron chi connectivity index (χ2n) is 2.37. The fourth-order valence-electron chi connectivity index (χ4n) is 0.919. The van der Waals surface area contributed by atoms with E-state index >= 15 is 0 Å². The molecule has 0 bridgehead atoms. The van der Waals surface area contributed by atoms with Gasteiger partial charge in [0.2, 0.25) is 0 Å². The molecular formula is C6H8BrF2N3. The Kier molecular flexibility index (Phi) is 2.48. The number of alkyl halides is 2. The van der Waals surface area contributed by atoms with Crippen LogP contribution in [0.15, 0.2) is 10.7 Å². The number of rotatable bonds is 2. The summed E-state index contributed by atoms with van der Waals surface area (Å²) >= 11 is 2.97. The van der Waals surface area contributed by atoms with Gasteiger partial charge in [-0.1, -0.05) is 0 Å². The second kappa shape index (κ2) is 3.10. The highest BCUT2D eigenvalue weighted by Gasteiger charge is 2.35. The van der Waals surface area contributed by atoms with Gasteiger partial charge in [-0.25, -0.2) is 0 Å². The van der Waals surface area contributed by atoms with Crippen molar-refractivity contribution in [3.05, 3.63) is 16.4 Å². The first kappa shape index (κ1) is 9.60. The molecular weight excluding hydrogens is 232 g/mol. The molecule has 0 amide bonds. The van der Waals surface area contributed by atoms with E-state index in [0.717, 1.165) is 4.68 Å². The number of nitrogens with two attached hydrogens (primary N) is 1. The summed E-state index contributed by atoms with van der Waals surface area (Å²) in [5.74, 6) is -3.02. The van der Waals surface area contributed by atoms with Gasteiger partial charge < -0.3 is 5.73 Å². The van der Waals surface area contributed by atoms with E-state index in [0.29, 0.717) is 0 Å². The Balaban J connectivity index is 3.17. The third-order valence-corrected chi connectivity index (χ3v) is 2.08. The first-order chi connectivity index (χ1) is 5.49. The van der Waals surface area contributed by atoms with E-state index in [1.807, 2.05) is 0 Å². The van der Waals surface area contributed by atoms with Gasteiger partial charge in [0.05, 0.1) is 17.2 Å². The fourth-order valence-corrected chi connectivity index (χ4v) is 1.56. The largest absolute Gasteiger partial charge is 0.325 e. The Morgan fingerprint density at radius 3 is 2.67 bits per heavy atom. The summed E-state index contributed by atoms with van der Waals surface area (Å²) in [7, 11) is 1.45. The van der Waals surface area contributed by atoms with Crippen LogP contribution in [0.25, 0.3) is 0 Å². The van der Waals surface area contributed by atoms with Gasteiger partial charge in [0.1, 0.15) is 5.69 Å². The maximum absolute atomic E-state index is 13.0. The molecule has 0 radical (unpaired) electrons. The number of aryl methyl sites for hydroxylation is 1. The first-order valence-corrected chi connectivity index (χ1v) is 4.04. The third kappa shape index (κ3) is 1.49. The summed E-state index contributed by atoms with van der Waals surface area (Å²) in [5.41, 5.74) is 4.73. The molecule has 0 aromatic carbocycles. The summed E-state index contributed by atoms with van der Waals surface area (Å²) in [6.45, 7) is -0.717. The molecule has 0 saturated heterocycles. The smallest absolute Gasteiger partial charge is 0.302 e. The molecule has 0 spiro atoms. The summed E-state index contributed by atoms with van der Waals surface area (Å²) in [6.07, 6.45) is 1.32. The van der Waals surface area contributed by atoms with Crippen LogP contribution < -0.4 is 5.73 Å². The van der Waals surface area contributed by atoms with Crippen LogP contribution in [0.2, 0.25) is 0 Å². The lowest BCUT2D eigenvalue weighted by atomic mass is 10.2. The van der Waals surface area contributed by atoms with Gasteiger partial charge in [0.25, 0.3) is 0 Å². The van der Waals surface area contributed by atoms with Crippen molar-refractivity contribution in [1.29, 1.82) is 0 Å². The lowest BCUT2D eigenvalue weighted by molar-refractivity contribution is -0.00314. The highest BCUT2D eigenvalue weighted by Crippen LogP contribution is 2.31. The number of halogens is 3. The molecule has 0 atom stereocenters. The Morgan fingerprint density at radius 2 is 2.33 bits per heavy atom. The minimum atomic E-state index is -3.02. The second-order valence-corrected chi connectivity index (χ2v) is 3.23.